The van der Waals surface area contributed by atoms with Crippen molar-refractivity contribution in [2.75, 3.05) is 23.7 Å². The van der Waals surface area contributed by atoms with Crippen molar-refractivity contribution in [1.82, 2.24) is 30.1 Å². The van der Waals surface area contributed by atoms with Crippen LogP contribution in [0.15, 0.2) is 67.1 Å². The first kappa shape index (κ1) is 30.6. The number of nitrogens with zero attached hydrogens (tertiary/aromatic N) is 6. The molecule has 5 rings (SSSR count). The predicted molar refractivity (Wildman–Crippen MR) is 165 cm³/mol. The van der Waals surface area contributed by atoms with E-state index in [2.05, 4.69) is 51.9 Å². The second kappa shape index (κ2) is 13.2. The van der Waals surface area contributed by atoms with Crippen LogP contribution < -0.4 is 15.4 Å². The average Bonchev–Trinajstić information content (AvgIpc) is 3.51. The summed E-state index contributed by atoms with van der Waals surface area (Å²) >= 11 is 5.90. The lowest BCUT2D eigenvalue weighted by Crippen LogP contribution is -2.43. The molecule has 228 valence electrons. The van der Waals surface area contributed by atoms with Gasteiger partial charge in [0.25, 0.3) is 11.8 Å². The lowest BCUT2D eigenvalue weighted by Gasteiger charge is -2.33. The molecule has 0 saturated carbocycles. The van der Waals surface area contributed by atoms with Gasteiger partial charge in [-0.3, -0.25) is 14.4 Å². The molecule has 0 spiro atoms. The van der Waals surface area contributed by atoms with E-state index < -0.39 is 11.8 Å². The first-order valence-corrected chi connectivity index (χ1v) is 14.6. The fourth-order valence-corrected chi connectivity index (χ4v) is 4.89. The third-order valence-electron chi connectivity index (χ3n) is 7.26. The Bertz CT molecular complexity index is 1630. The molecular weight excluding hydrogens is 584 g/mol. The molecule has 0 atom stereocenters. The zero-order chi connectivity index (χ0) is 31.3. The highest BCUT2D eigenvalue weighted by Crippen LogP contribution is 2.31. The van der Waals surface area contributed by atoms with Crippen LogP contribution in [0, 0.1) is 0 Å². The monoisotopic (exact) mass is 616 g/mol. The predicted octanol–water partition coefficient (Wildman–Crippen LogP) is 4.59. The fraction of sp³-hybridized carbons (Fsp3) is 0.323. The van der Waals surface area contributed by atoms with Crippen molar-refractivity contribution in [2.24, 2.45) is 0 Å². The molecule has 2 aromatic heterocycles. The van der Waals surface area contributed by atoms with Crippen molar-refractivity contribution >= 4 is 40.8 Å². The molecule has 1 aliphatic rings. The molecule has 4 aromatic rings. The molecule has 3 amide bonds. The van der Waals surface area contributed by atoms with Gasteiger partial charge in [-0.2, -0.15) is 0 Å². The smallest absolute Gasteiger partial charge is 0.259 e. The summed E-state index contributed by atoms with van der Waals surface area (Å²) in [5.41, 5.74) is 1.77. The number of rotatable bonds is 8. The van der Waals surface area contributed by atoms with E-state index >= 15 is 0 Å². The van der Waals surface area contributed by atoms with Crippen molar-refractivity contribution in [2.45, 2.75) is 51.7 Å². The molecule has 0 aliphatic carbocycles. The molecule has 0 radical (unpaired) electrons. The lowest BCUT2D eigenvalue weighted by atomic mass is 9.86. The standard InChI is InChI=1S/C31H33ClN8O4/c1-31(2,3)20-8-10-24(26(16-20)44-22-12-14-39(15-13-22)28(41)18-40-19-34-37-38-40)30(43)35-25-7-5-4-6-23(25)29(42)36-27-11-9-21(32)17-33-27/h4-11,16-17,19,22H,12-15,18H2,1-3H3,(H,35,43)(H,33,36,42). The van der Waals surface area contributed by atoms with Crippen molar-refractivity contribution < 1.29 is 19.1 Å². The lowest BCUT2D eigenvalue weighted by molar-refractivity contribution is -0.133. The van der Waals surface area contributed by atoms with Gasteiger partial charge in [-0.15, -0.1) is 5.10 Å². The Labute approximate surface area is 259 Å². The van der Waals surface area contributed by atoms with Crippen LogP contribution in [0.3, 0.4) is 0 Å². The minimum absolute atomic E-state index is 0.0694. The number of piperidine rings is 1. The van der Waals surface area contributed by atoms with E-state index in [0.29, 0.717) is 53.8 Å². The summed E-state index contributed by atoms with van der Waals surface area (Å²) in [6.07, 6.45) is 3.85. The van der Waals surface area contributed by atoms with E-state index in [0.717, 1.165) is 5.56 Å². The molecule has 1 fully saturated rings. The van der Waals surface area contributed by atoms with Gasteiger partial charge in [-0.25, -0.2) is 9.67 Å². The maximum absolute atomic E-state index is 13.7. The number of carbonyl (C=O) groups excluding carboxylic acids is 3. The summed E-state index contributed by atoms with van der Waals surface area (Å²) in [4.78, 5) is 45.3. The minimum atomic E-state index is -0.434. The summed E-state index contributed by atoms with van der Waals surface area (Å²) in [5, 5.41) is 17.0. The third kappa shape index (κ3) is 7.56. The number of anilines is 2. The number of tetrazole rings is 1. The van der Waals surface area contributed by atoms with E-state index in [9.17, 15) is 14.4 Å². The van der Waals surface area contributed by atoms with Crippen LogP contribution >= 0.6 is 11.6 Å². The normalized spacial score (nSPS) is 13.8. The molecule has 1 saturated heterocycles. The number of halogens is 1. The van der Waals surface area contributed by atoms with Crippen LogP contribution in [0.25, 0.3) is 0 Å². The first-order valence-electron chi connectivity index (χ1n) is 14.2. The summed E-state index contributed by atoms with van der Waals surface area (Å²) in [5.74, 6) is -0.144. The number of para-hydroxylation sites is 1. The molecule has 13 heteroatoms. The van der Waals surface area contributed by atoms with Crippen LogP contribution in [0.2, 0.25) is 5.02 Å². The Morgan fingerprint density at radius 2 is 1.73 bits per heavy atom. The van der Waals surface area contributed by atoms with Gasteiger partial charge in [0.05, 0.1) is 21.8 Å². The average molecular weight is 617 g/mol. The number of ether oxygens (including phenoxy) is 1. The van der Waals surface area contributed by atoms with E-state index in [1.165, 1.54) is 17.2 Å². The van der Waals surface area contributed by atoms with Gasteiger partial charge in [0.15, 0.2) is 0 Å². The van der Waals surface area contributed by atoms with Gasteiger partial charge in [0, 0.05) is 32.1 Å². The van der Waals surface area contributed by atoms with Crippen molar-refractivity contribution in [1.29, 1.82) is 0 Å². The zero-order valence-electron chi connectivity index (χ0n) is 24.7. The van der Waals surface area contributed by atoms with Gasteiger partial charge in [0.1, 0.15) is 30.5 Å². The van der Waals surface area contributed by atoms with Crippen LogP contribution in [0.1, 0.15) is 59.9 Å². The molecule has 0 unspecified atom stereocenters. The second-order valence-corrected chi connectivity index (χ2v) is 11.9. The summed E-state index contributed by atoms with van der Waals surface area (Å²) in [6.45, 7) is 7.36. The van der Waals surface area contributed by atoms with Gasteiger partial charge in [-0.05, 0) is 57.8 Å². The highest BCUT2D eigenvalue weighted by molar-refractivity contribution is 6.30. The largest absolute Gasteiger partial charge is 0.489 e. The topological polar surface area (TPSA) is 144 Å². The number of aromatic nitrogens is 5. The molecule has 0 bridgehead atoms. The van der Waals surface area contributed by atoms with Gasteiger partial charge >= 0.3 is 0 Å². The number of nitrogens with one attached hydrogen (secondary N) is 2. The van der Waals surface area contributed by atoms with E-state index in [-0.39, 0.29) is 29.5 Å². The second-order valence-electron chi connectivity index (χ2n) is 11.5. The van der Waals surface area contributed by atoms with Crippen LogP contribution in [-0.2, 0) is 16.8 Å². The number of hydrogen-bond donors (Lipinski definition) is 2. The Morgan fingerprint density at radius 3 is 2.41 bits per heavy atom. The number of carbonyl (C=O) groups is 3. The van der Waals surface area contributed by atoms with Crippen LogP contribution in [0.5, 0.6) is 5.75 Å². The molecule has 44 heavy (non-hydrogen) atoms. The number of amides is 3. The Hall–Kier alpha value is -4.84. The first-order chi connectivity index (χ1) is 21.1. The number of benzene rings is 2. The molecule has 3 heterocycles. The number of likely N-dealkylation sites (tertiary alicyclic amines) is 1. The molecular formula is C31H33ClN8O4. The van der Waals surface area contributed by atoms with E-state index in [1.807, 2.05) is 12.1 Å². The maximum atomic E-state index is 13.7. The summed E-state index contributed by atoms with van der Waals surface area (Å²) in [7, 11) is 0. The van der Waals surface area contributed by atoms with Crippen molar-refractivity contribution in [3.05, 3.63) is 88.8 Å². The number of hydrogen-bond acceptors (Lipinski definition) is 8. The van der Waals surface area contributed by atoms with Gasteiger partial charge in [-0.1, -0.05) is 50.6 Å². The fourth-order valence-electron chi connectivity index (χ4n) is 4.78. The zero-order valence-corrected chi connectivity index (χ0v) is 25.4. The molecule has 2 aromatic carbocycles. The van der Waals surface area contributed by atoms with Gasteiger partial charge < -0.3 is 20.3 Å². The highest BCUT2D eigenvalue weighted by Gasteiger charge is 2.27. The Kier molecular flexibility index (Phi) is 9.19. The molecule has 12 nitrogen and oxygen atoms in total. The van der Waals surface area contributed by atoms with Crippen molar-refractivity contribution in [3.8, 4) is 5.75 Å². The van der Waals surface area contributed by atoms with Crippen LogP contribution in [-0.4, -0.2) is 67.0 Å². The Balaban J connectivity index is 1.31. The quantitative estimate of drug-likeness (QED) is 0.292. The van der Waals surface area contributed by atoms with Crippen LogP contribution in [0.4, 0.5) is 11.5 Å². The third-order valence-corrected chi connectivity index (χ3v) is 7.48. The van der Waals surface area contributed by atoms with Crippen molar-refractivity contribution in [3.63, 3.8) is 0 Å². The van der Waals surface area contributed by atoms with E-state index in [4.69, 9.17) is 16.3 Å². The van der Waals surface area contributed by atoms with E-state index in [1.54, 1.807) is 47.4 Å². The molecule has 1 aliphatic heterocycles. The highest BCUT2D eigenvalue weighted by atomic mass is 35.5. The summed E-state index contributed by atoms with van der Waals surface area (Å²) in [6, 6.07) is 15.5. The summed E-state index contributed by atoms with van der Waals surface area (Å²) < 4.78 is 7.84. The Morgan fingerprint density at radius 1 is 0.977 bits per heavy atom. The molecule has 2 N–H and O–H groups in total. The van der Waals surface area contributed by atoms with Gasteiger partial charge in [0.2, 0.25) is 5.91 Å². The SMILES string of the molecule is CC(C)(C)c1ccc(C(=O)Nc2ccccc2C(=O)Nc2ccc(Cl)cn2)c(OC2CCN(C(=O)Cn3cnnn3)CC2)c1. The minimum Gasteiger partial charge on any atom is -0.489 e. The maximum Gasteiger partial charge on any atom is 0.259 e. The number of pyridine rings is 1.